The predicted molar refractivity (Wildman–Crippen MR) is 224 cm³/mol. The molecule has 1 unspecified atom stereocenters. The van der Waals surface area contributed by atoms with Crippen LogP contribution in [0.2, 0.25) is 0 Å². The Morgan fingerprint density at radius 2 is 1.46 bits per heavy atom. The Morgan fingerprint density at radius 1 is 0.820 bits per heavy atom. The number of ether oxygens (including phenoxy) is 3. The maximum absolute atomic E-state index is 14.0. The zero-order chi connectivity index (χ0) is 42.0. The highest BCUT2D eigenvalue weighted by molar-refractivity contribution is 5.89. The third kappa shape index (κ3) is 7.91. The van der Waals surface area contributed by atoms with E-state index in [-0.39, 0.29) is 30.3 Å². The fraction of sp³-hybridized carbons (Fsp3) is 0.304. The van der Waals surface area contributed by atoms with E-state index >= 15 is 0 Å². The summed E-state index contributed by atoms with van der Waals surface area (Å²) in [7, 11) is 2.60. The molecule has 3 amide bonds. The number of Topliss-reactive ketones (excluding diaryl/α,β-unsaturated/α-hetero) is 1. The summed E-state index contributed by atoms with van der Waals surface area (Å²) < 4.78 is 17.6. The summed E-state index contributed by atoms with van der Waals surface area (Å²) in [6.07, 6.45) is 6.18. The Labute approximate surface area is 351 Å². The molecule has 1 aliphatic carbocycles. The van der Waals surface area contributed by atoms with Crippen molar-refractivity contribution in [1.82, 2.24) is 40.0 Å². The number of nitrogens with one attached hydrogen (secondary N) is 4. The first-order valence-corrected chi connectivity index (χ1v) is 20.4. The van der Waals surface area contributed by atoms with Gasteiger partial charge in [0.2, 0.25) is 0 Å². The molecule has 0 radical (unpaired) electrons. The van der Waals surface area contributed by atoms with Crippen molar-refractivity contribution in [3.8, 4) is 33.6 Å². The van der Waals surface area contributed by atoms with E-state index < -0.39 is 30.2 Å². The van der Waals surface area contributed by atoms with E-state index in [9.17, 15) is 19.2 Å². The number of alkyl carbamates (subject to hydrolysis) is 2. The number of H-pyrrole nitrogens is 2. The number of morpholine rings is 1. The lowest BCUT2D eigenvalue weighted by molar-refractivity contribution is -0.143. The number of aromatic amines is 2. The average molecular weight is 823 g/mol. The Kier molecular flexibility index (Phi) is 11.0. The summed E-state index contributed by atoms with van der Waals surface area (Å²) in [5.74, 6) is 0.572. The number of aryl methyl sites for hydroxylation is 1. The van der Waals surface area contributed by atoms with Gasteiger partial charge in [-0.3, -0.25) is 9.59 Å². The highest BCUT2D eigenvalue weighted by Crippen LogP contribution is 2.40. The van der Waals surface area contributed by atoms with Gasteiger partial charge in [-0.25, -0.2) is 19.6 Å². The monoisotopic (exact) mass is 822 g/mol. The topological polar surface area (TPSA) is 186 Å². The van der Waals surface area contributed by atoms with Crippen LogP contribution in [0.25, 0.3) is 33.6 Å². The highest BCUT2D eigenvalue weighted by atomic mass is 16.5. The van der Waals surface area contributed by atoms with Crippen LogP contribution in [0, 0.1) is 0 Å². The Hall–Kier alpha value is -7.00. The van der Waals surface area contributed by atoms with E-state index in [2.05, 4.69) is 72.6 Å². The maximum Gasteiger partial charge on any atom is 0.407 e. The predicted octanol–water partition coefficient (Wildman–Crippen LogP) is 6.44. The minimum atomic E-state index is -0.941. The summed E-state index contributed by atoms with van der Waals surface area (Å²) in [6, 6.07) is 25.8. The minimum absolute atomic E-state index is 0.0899. The van der Waals surface area contributed by atoms with Gasteiger partial charge in [-0.1, -0.05) is 78.9 Å². The van der Waals surface area contributed by atoms with E-state index in [4.69, 9.17) is 19.2 Å². The number of benzene rings is 3. The number of hydrogen-bond acceptors (Lipinski definition) is 9. The molecule has 9 rings (SSSR count). The molecule has 3 aromatic heterocycles. The SMILES string of the molecule is COC(=O)N[C@H](C(=O)N1CCOC[C@H]1c1ncc(-c2ccc(-c3ccc(-c4cnc([C@H]5CC(=O)C6c7c(ccn7C5)CC[C@@H]6NC(=O)OC)[nH]4)cc3)cc2)[nH]1)c1ccccc1. The smallest absolute Gasteiger partial charge is 0.407 e. The van der Waals surface area contributed by atoms with Gasteiger partial charge in [-0.15, -0.1) is 0 Å². The van der Waals surface area contributed by atoms with Gasteiger partial charge in [0.1, 0.15) is 29.5 Å². The maximum atomic E-state index is 14.0. The number of ketones is 1. The van der Waals surface area contributed by atoms with Crippen LogP contribution in [0.5, 0.6) is 0 Å². The Balaban J connectivity index is 0.871. The number of imidazole rings is 2. The normalized spacial score (nSPS) is 20.2. The van der Waals surface area contributed by atoms with Crippen molar-refractivity contribution in [2.75, 3.05) is 34.0 Å². The van der Waals surface area contributed by atoms with Gasteiger partial charge in [0.15, 0.2) is 0 Å². The number of nitrogens with zero attached hydrogens (tertiary/aromatic N) is 4. The molecular weight excluding hydrogens is 777 g/mol. The highest BCUT2D eigenvalue weighted by Gasteiger charge is 2.42. The van der Waals surface area contributed by atoms with Crippen LogP contribution in [0.3, 0.4) is 0 Å². The molecule has 1 saturated heterocycles. The van der Waals surface area contributed by atoms with Gasteiger partial charge in [0.25, 0.3) is 5.91 Å². The van der Waals surface area contributed by atoms with Gasteiger partial charge in [-0.05, 0) is 52.3 Å². The molecule has 4 N–H and O–H groups in total. The number of amides is 3. The molecule has 3 aromatic carbocycles. The molecule has 312 valence electrons. The van der Waals surface area contributed by atoms with Crippen LogP contribution < -0.4 is 10.6 Å². The van der Waals surface area contributed by atoms with Gasteiger partial charge >= 0.3 is 12.2 Å². The fourth-order valence-corrected chi connectivity index (χ4v) is 8.94. The first-order valence-electron chi connectivity index (χ1n) is 20.4. The molecule has 15 heteroatoms. The molecule has 5 atom stereocenters. The van der Waals surface area contributed by atoms with Gasteiger partial charge in [0, 0.05) is 43.4 Å². The van der Waals surface area contributed by atoms with Crippen molar-refractivity contribution >= 4 is 23.9 Å². The number of methoxy groups -OCH3 is 2. The first kappa shape index (κ1) is 39.5. The number of hydrogen-bond donors (Lipinski definition) is 4. The van der Waals surface area contributed by atoms with Crippen LogP contribution in [-0.2, 0) is 36.8 Å². The molecular formula is C46H46N8O7. The van der Waals surface area contributed by atoms with Crippen LogP contribution in [0.1, 0.15) is 65.2 Å². The average Bonchev–Trinajstić information content (AvgIpc) is 4.08. The summed E-state index contributed by atoms with van der Waals surface area (Å²) in [4.78, 5) is 70.2. The lowest BCUT2D eigenvalue weighted by atomic mass is 9.79. The van der Waals surface area contributed by atoms with Gasteiger partial charge in [0.05, 0.1) is 57.1 Å². The van der Waals surface area contributed by atoms with Crippen LogP contribution in [-0.4, -0.2) is 93.3 Å². The number of carbonyl (C=O) groups excluding carboxylic acids is 4. The second kappa shape index (κ2) is 16.9. The van der Waals surface area contributed by atoms with Crippen molar-refractivity contribution in [3.63, 3.8) is 0 Å². The summed E-state index contributed by atoms with van der Waals surface area (Å²) in [5, 5.41) is 5.60. The van der Waals surface area contributed by atoms with E-state index in [1.54, 1.807) is 23.2 Å². The van der Waals surface area contributed by atoms with E-state index in [1.807, 2.05) is 42.7 Å². The fourth-order valence-electron chi connectivity index (χ4n) is 8.94. The molecule has 6 aromatic rings. The standard InChI is InChI=1S/C46H46N8O7/c1-59-45(57)51-34-17-16-32-18-19-53-25-33(22-38(55)39(34)41(32)53)42-47-23-35(49-42)29-12-8-27(9-13-29)28-10-14-30(15-11-28)36-24-48-43(50-36)37-26-61-21-20-54(37)44(56)40(52-46(58)60-2)31-6-4-3-5-7-31/h3-15,18-19,23-24,33-34,37,39-40H,16-17,20-22,25-26H2,1-2H3,(H,47,49)(H,48,50)(H,51,57)(H,52,58)/t33-,34-,37-,39?,40-/m0/s1. The molecule has 0 bridgehead atoms. The molecule has 2 aliphatic heterocycles. The lowest BCUT2D eigenvalue weighted by Gasteiger charge is -2.36. The first-order chi connectivity index (χ1) is 29.8. The molecule has 0 saturated carbocycles. The van der Waals surface area contributed by atoms with Crippen LogP contribution in [0.15, 0.2) is 104 Å². The molecule has 1 fully saturated rings. The minimum Gasteiger partial charge on any atom is -0.453 e. The summed E-state index contributed by atoms with van der Waals surface area (Å²) in [6.45, 7) is 1.56. The van der Waals surface area contributed by atoms with Crippen molar-refractivity contribution in [2.24, 2.45) is 0 Å². The summed E-state index contributed by atoms with van der Waals surface area (Å²) in [5.41, 5.74) is 8.42. The van der Waals surface area contributed by atoms with Gasteiger partial charge in [-0.2, -0.15) is 0 Å². The quantitative estimate of drug-likeness (QED) is 0.127. The lowest BCUT2D eigenvalue weighted by Crippen LogP contribution is -2.49. The molecule has 15 nitrogen and oxygen atoms in total. The number of carbonyl (C=O) groups is 4. The largest absolute Gasteiger partial charge is 0.453 e. The molecule has 5 heterocycles. The third-order valence-electron chi connectivity index (χ3n) is 12.1. The second-order valence-corrected chi connectivity index (χ2v) is 15.6. The second-order valence-electron chi connectivity index (χ2n) is 15.6. The van der Waals surface area contributed by atoms with Gasteiger partial charge < -0.3 is 44.3 Å². The molecule has 0 spiro atoms. The number of rotatable bonds is 9. The Morgan fingerprint density at radius 3 is 2.13 bits per heavy atom. The zero-order valence-electron chi connectivity index (χ0n) is 33.8. The van der Waals surface area contributed by atoms with E-state index in [0.29, 0.717) is 43.9 Å². The van der Waals surface area contributed by atoms with Crippen LogP contribution in [0.4, 0.5) is 9.59 Å². The molecule has 61 heavy (non-hydrogen) atoms. The summed E-state index contributed by atoms with van der Waals surface area (Å²) >= 11 is 0. The number of aromatic nitrogens is 5. The van der Waals surface area contributed by atoms with Crippen molar-refractivity contribution in [1.29, 1.82) is 0 Å². The van der Waals surface area contributed by atoms with Crippen LogP contribution >= 0.6 is 0 Å². The van der Waals surface area contributed by atoms with Crippen molar-refractivity contribution in [3.05, 3.63) is 132 Å². The van der Waals surface area contributed by atoms with Crippen molar-refractivity contribution in [2.45, 2.75) is 55.8 Å². The van der Waals surface area contributed by atoms with E-state index in [0.717, 1.165) is 57.1 Å². The molecule has 3 aliphatic rings. The zero-order valence-corrected chi connectivity index (χ0v) is 33.8. The Bertz CT molecular complexity index is 2550. The van der Waals surface area contributed by atoms with E-state index in [1.165, 1.54) is 14.2 Å². The van der Waals surface area contributed by atoms with Crippen molar-refractivity contribution < 1.29 is 33.4 Å². The third-order valence-corrected chi connectivity index (χ3v) is 12.1.